The maximum Gasteiger partial charge on any atom is 0.229 e. The molecule has 0 saturated carbocycles. The molecule has 0 N–H and O–H groups in total. The molecular weight excluding hydrogens is 452 g/mol. The fourth-order valence-electron chi connectivity index (χ4n) is 3.55. The predicted molar refractivity (Wildman–Crippen MR) is 129 cm³/mol. The number of amides is 1. The summed E-state index contributed by atoms with van der Waals surface area (Å²) in [5.41, 5.74) is 1.81. The first-order valence-electron chi connectivity index (χ1n) is 10.3. The van der Waals surface area contributed by atoms with Crippen LogP contribution in [-0.2, 0) is 9.53 Å². The molecule has 31 heavy (non-hydrogen) atoms. The number of halogens is 1. The number of methoxy groups -OCH3 is 1. The van der Waals surface area contributed by atoms with E-state index in [1.54, 1.807) is 18.9 Å². The van der Waals surface area contributed by atoms with Crippen molar-refractivity contribution in [1.82, 2.24) is 4.98 Å². The van der Waals surface area contributed by atoms with Gasteiger partial charge in [-0.05, 0) is 61.7 Å². The van der Waals surface area contributed by atoms with Gasteiger partial charge >= 0.3 is 0 Å². The summed E-state index contributed by atoms with van der Waals surface area (Å²) in [5.74, 6) is 1.59. The van der Waals surface area contributed by atoms with Crippen LogP contribution in [0.3, 0.4) is 0 Å². The molecule has 0 bridgehead atoms. The van der Waals surface area contributed by atoms with Gasteiger partial charge in [-0.15, -0.1) is 11.8 Å². The average Bonchev–Trinajstić information content (AvgIpc) is 3.45. The van der Waals surface area contributed by atoms with Crippen LogP contribution in [0.25, 0.3) is 10.2 Å². The summed E-state index contributed by atoms with van der Waals surface area (Å²) in [6.45, 7) is 3.26. The molecule has 2 heterocycles. The number of anilines is 1. The summed E-state index contributed by atoms with van der Waals surface area (Å²) >= 11 is 9.47. The van der Waals surface area contributed by atoms with Crippen LogP contribution >= 0.6 is 34.7 Å². The summed E-state index contributed by atoms with van der Waals surface area (Å²) in [6, 6.07) is 11.8. The molecule has 0 aliphatic carbocycles. The number of ether oxygens (including phenoxy) is 2. The molecule has 1 aromatic heterocycles. The predicted octanol–water partition coefficient (Wildman–Crippen LogP) is 5.96. The second-order valence-corrected chi connectivity index (χ2v) is 10.0. The van der Waals surface area contributed by atoms with Crippen molar-refractivity contribution < 1.29 is 14.3 Å². The number of hydrogen-bond acceptors (Lipinski definition) is 6. The largest absolute Gasteiger partial charge is 0.497 e. The van der Waals surface area contributed by atoms with Crippen LogP contribution in [-0.4, -0.2) is 43.0 Å². The number of carbonyl (C=O) groups excluding carboxylic acids is 1. The van der Waals surface area contributed by atoms with E-state index < -0.39 is 0 Å². The zero-order valence-corrected chi connectivity index (χ0v) is 20.0. The van der Waals surface area contributed by atoms with E-state index >= 15 is 0 Å². The number of thioether (sulfide) groups is 1. The summed E-state index contributed by atoms with van der Waals surface area (Å²) < 4.78 is 12.0. The number of nitrogens with zero attached hydrogens (tertiary/aromatic N) is 2. The Labute approximate surface area is 195 Å². The Balaban J connectivity index is 1.48. The number of aromatic nitrogens is 1. The van der Waals surface area contributed by atoms with Crippen molar-refractivity contribution in [3.8, 4) is 5.75 Å². The van der Waals surface area contributed by atoms with Crippen molar-refractivity contribution in [2.24, 2.45) is 0 Å². The Morgan fingerprint density at radius 3 is 2.84 bits per heavy atom. The molecule has 1 unspecified atom stereocenters. The highest BCUT2D eigenvalue weighted by Crippen LogP contribution is 2.34. The minimum absolute atomic E-state index is 0.0647. The van der Waals surface area contributed by atoms with Gasteiger partial charge in [-0.3, -0.25) is 9.69 Å². The number of rotatable bonds is 8. The maximum atomic E-state index is 13.2. The molecule has 1 aliphatic rings. The van der Waals surface area contributed by atoms with Crippen molar-refractivity contribution in [2.45, 2.75) is 37.2 Å². The lowest BCUT2D eigenvalue weighted by Crippen LogP contribution is -2.37. The minimum atomic E-state index is 0.0647. The number of hydrogen-bond donors (Lipinski definition) is 0. The molecule has 1 fully saturated rings. The van der Waals surface area contributed by atoms with Gasteiger partial charge in [-0.1, -0.05) is 22.9 Å². The molecule has 8 heteroatoms. The lowest BCUT2D eigenvalue weighted by Gasteiger charge is -2.23. The van der Waals surface area contributed by atoms with E-state index in [0.717, 1.165) is 51.0 Å². The molecule has 3 aromatic rings. The van der Waals surface area contributed by atoms with Gasteiger partial charge in [-0.25, -0.2) is 4.98 Å². The van der Waals surface area contributed by atoms with Crippen LogP contribution in [0.15, 0.2) is 41.3 Å². The fraction of sp³-hybridized carbons (Fsp3) is 0.391. The molecule has 2 aromatic carbocycles. The van der Waals surface area contributed by atoms with E-state index in [1.807, 2.05) is 48.2 Å². The molecule has 1 amide bonds. The molecule has 0 spiro atoms. The highest BCUT2D eigenvalue weighted by Gasteiger charge is 2.26. The lowest BCUT2D eigenvalue weighted by molar-refractivity contribution is -0.118. The van der Waals surface area contributed by atoms with Crippen LogP contribution in [0.2, 0.25) is 5.02 Å². The van der Waals surface area contributed by atoms with E-state index in [0.29, 0.717) is 23.7 Å². The minimum Gasteiger partial charge on any atom is -0.497 e. The summed E-state index contributed by atoms with van der Waals surface area (Å²) in [6.07, 6.45) is 2.50. The molecule has 1 aliphatic heterocycles. The first-order chi connectivity index (χ1) is 15.0. The standard InChI is InChI=1S/C23H25ClN2O3S2/c1-15-19(24)9-10-20-22(15)25-23(31-20)26(14-17-4-3-12-29-17)21(27)11-13-30-18-7-5-16(28-2)6-8-18/h5-10,17H,3-4,11-14H2,1-2H3. The third kappa shape index (κ3) is 5.34. The van der Waals surface area contributed by atoms with Gasteiger partial charge in [0.05, 0.1) is 30.0 Å². The highest BCUT2D eigenvalue weighted by atomic mass is 35.5. The number of carbonyl (C=O) groups is 1. The smallest absolute Gasteiger partial charge is 0.229 e. The molecule has 1 atom stereocenters. The van der Waals surface area contributed by atoms with Crippen molar-refractivity contribution in [3.05, 3.63) is 47.0 Å². The third-order valence-corrected chi connectivity index (χ3v) is 7.79. The SMILES string of the molecule is COc1ccc(SCCC(=O)N(CC2CCCO2)c2nc3c(C)c(Cl)ccc3s2)cc1. The van der Waals surface area contributed by atoms with Gasteiger partial charge in [-0.2, -0.15) is 0 Å². The quantitative estimate of drug-likeness (QED) is 0.375. The van der Waals surface area contributed by atoms with Crippen LogP contribution < -0.4 is 9.64 Å². The number of fused-ring (bicyclic) bond motifs is 1. The molecule has 164 valence electrons. The van der Waals surface area contributed by atoms with Crippen molar-refractivity contribution in [3.63, 3.8) is 0 Å². The maximum absolute atomic E-state index is 13.2. The fourth-order valence-corrected chi connectivity index (χ4v) is 5.59. The Kier molecular flexibility index (Phi) is 7.38. The normalized spacial score (nSPS) is 16.0. The van der Waals surface area contributed by atoms with E-state index in [4.69, 9.17) is 26.1 Å². The van der Waals surface area contributed by atoms with Crippen molar-refractivity contribution in [2.75, 3.05) is 30.9 Å². The number of benzene rings is 2. The average molecular weight is 477 g/mol. The van der Waals surface area contributed by atoms with E-state index in [9.17, 15) is 4.79 Å². The van der Waals surface area contributed by atoms with E-state index in [1.165, 1.54) is 11.3 Å². The van der Waals surface area contributed by atoms with E-state index in [2.05, 4.69) is 0 Å². The van der Waals surface area contributed by atoms with Gasteiger partial charge in [0.25, 0.3) is 0 Å². The van der Waals surface area contributed by atoms with Crippen LogP contribution in [0.1, 0.15) is 24.8 Å². The van der Waals surface area contributed by atoms with E-state index in [-0.39, 0.29) is 12.0 Å². The van der Waals surface area contributed by atoms with Gasteiger partial charge in [0.2, 0.25) is 5.91 Å². The summed E-state index contributed by atoms with van der Waals surface area (Å²) in [7, 11) is 1.65. The third-order valence-electron chi connectivity index (χ3n) is 5.32. The monoisotopic (exact) mass is 476 g/mol. The first kappa shape index (κ1) is 22.4. The molecule has 0 radical (unpaired) electrons. The van der Waals surface area contributed by atoms with Gasteiger partial charge < -0.3 is 9.47 Å². The molecule has 1 saturated heterocycles. The Morgan fingerprint density at radius 2 is 2.13 bits per heavy atom. The zero-order chi connectivity index (χ0) is 21.8. The number of thiazole rings is 1. The lowest BCUT2D eigenvalue weighted by atomic mass is 10.2. The van der Waals surface area contributed by atoms with Gasteiger partial charge in [0.1, 0.15) is 5.75 Å². The topological polar surface area (TPSA) is 51.7 Å². The van der Waals surface area contributed by atoms with Gasteiger partial charge in [0.15, 0.2) is 5.13 Å². The second kappa shape index (κ2) is 10.2. The first-order valence-corrected chi connectivity index (χ1v) is 12.5. The highest BCUT2D eigenvalue weighted by molar-refractivity contribution is 7.99. The Bertz CT molecular complexity index is 1050. The molecular formula is C23H25ClN2O3S2. The summed E-state index contributed by atoms with van der Waals surface area (Å²) in [4.78, 5) is 20.9. The summed E-state index contributed by atoms with van der Waals surface area (Å²) in [5, 5.41) is 1.41. The second-order valence-electron chi connectivity index (χ2n) is 7.43. The molecule has 5 nitrogen and oxygen atoms in total. The van der Waals surface area contributed by atoms with Crippen LogP contribution in [0, 0.1) is 6.92 Å². The Morgan fingerprint density at radius 1 is 1.32 bits per heavy atom. The van der Waals surface area contributed by atoms with Crippen molar-refractivity contribution in [1.29, 1.82) is 0 Å². The van der Waals surface area contributed by atoms with Crippen molar-refractivity contribution >= 4 is 56.0 Å². The number of aryl methyl sites for hydroxylation is 1. The van der Waals surface area contributed by atoms with Gasteiger partial charge in [0, 0.05) is 28.7 Å². The molecule has 4 rings (SSSR count). The van der Waals surface area contributed by atoms with Crippen LogP contribution in [0.5, 0.6) is 5.75 Å². The van der Waals surface area contributed by atoms with Crippen LogP contribution in [0.4, 0.5) is 5.13 Å². The zero-order valence-electron chi connectivity index (χ0n) is 17.6. The Hall–Kier alpha value is -1.80.